The molecule has 0 aromatic heterocycles. The SMILES string of the molecule is CC(C)(C)OC(=O)Nc1cc(Cl)ccc1C(O)CC#N. The van der Waals surface area contributed by atoms with E-state index in [-0.39, 0.29) is 6.42 Å². The number of carbonyl (C=O) groups is 1. The quantitative estimate of drug-likeness (QED) is 0.892. The normalized spacial score (nSPS) is 12.4. The van der Waals surface area contributed by atoms with Crippen LogP contribution >= 0.6 is 11.6 Å². The van der Waals surface area contributed by atoms with E-state index >= 15 is 0 Å². The monoisotopic (exact) mass is 296 g/mol. The number of nitriles is 1. The van der Waals surface area contributed by atoms with Crippen molar-refractivity contribution in [2.75, 3.05) is 5.32 Å². The zero-order valence-electron chi connectivity index (χ0n) is 11.6. The fraction of sp³-hybridized carbons (Fsp3) is 0.429. The number of benzene rings is 1. The minimum atomic E-state index is -0.998. The highest BCUT2D eigenvalue weighted by Crippen LogP contribution is 2.28. The topological polar surface area (TPSA) is 82.3 Å². The Balaban J connectivity index is 2.96. The lowest BCUT2D eigenvalue weighted by atomic mass is 10.1. The standard InChI is InChI=1S/C14H17ClN2O3/c1-14(2,3)20-13(19)17-11-8-9(15)4-5-10(11)12(18)6-7-16/h4-5,8,12,18H,6H2,1-3H3,(H,17,19). The van der Waals surface area contributed by atoms with Crippen molar-refractivity contribution in [2.24, 2.45) is 0 Å². The van der Waals surface area contributed by atoms with Crippen LogP contribution in [0.15, 0.2) is 18.2 Å². The molecular weight excluding hydrogens is 280 g/mol. The van der Waals surface area contributed by atoms with E-state index in [0.29, 0.717) is 16.3 Å². The molecule has 0 saturated heterocycles. The smallest absolute Gasteiger partial charge is 0.412 e. The van der Waals surface area contributed by atoms with Crippen LogP contribution in [0.2, 0.25) is 5.02 Å². The summed E-state index contributed by atoms with van der Waals surface area (Å²) in [7, 11) is 0. The fourth-order valence-electron chi connectivity index (χ4n) is 1.54. The molecule has 0 aliphatic rings. The molecule has 6 heteroatoms. The van der Waals surface area contributed by atoms with Crippen LogP contribution in [-0.2, 0) is 4.74 Å². The van der Waals surface area contributed by atoms with Crippen LogP contribution in [0.5, 0.6) is 0 Å². The van der Waals surface area contributed by atoms with E-state index in [4.69, 9.17) is 21.6 Å². The zero-order valence-corrected chi connectivity index (χ0v) is 12.4. The number of nitrogens with one attached hydrogen (secondary N) is 1. The van der Waals surface area contributed by atoms with Gasteiger partial charge in [-0.2, -0.15) is 5.26 Å². The molecular formula is C14H17ClN2O3. The number of nitrogens with zero attached hydrogens (tertiary/aromatic N) is 1. The molecule has 0 bridgehead atoms. The molecule has 0 saturated carbocycles. The molecule has 108 valence electrons. The highest BCUT2D eigenvalue weighted by molar-refractivity contribution is 6.31. The number of carbonyl (C=O) groups excluding carboxylic acids is 1. The molecule has 1 amide bonds. The maximum absolute atomic E-state index is 11.7. The van der Waals surface area contributed by atoms with Gasteiger partial charge in [-0.3, -0.25) is 5.32 Å². The second-order valence-corrected chi connectivity index (χ2v) is 5.67. The van der Waals surface area contributed by atoms with Crippen molar-refractivity contribution in [3.63, 3.8) is 0 Å². The highest BCUT2D eigenvalue weighted by Gasteiger charge is 2.19. The molecule has 1 aromatic carbocycles. The second kappa shape index (κ2) is 6.60. The maximum atomic E-state index is 11.7. The summed E-state index contributed by atoms with van der Waals surface area (Å²) in [4.78, 5) is 11.7. The van der Waals surface area contributed by atoms with E-state index in [2.05, 4.69) is 5.32 Å². The Hall–Kier alpha value is -1.77. The number of aliphatic hydroxyl groups excluding tert-OH is 1. The first-order valence-electron chi connectivity index (χ1n) is 6.07. The zero-order chi connectivity index (χ0) is 15.3. The van der Waals surface area contributed by atoms with Gasteiger partial charge >= 0.3 is 6.09 Å². The lowest BCUT2D eigenvalue weighted by Gasteiger charge is -2.21. The van der Waals surface area contributed by atoms with E-state index in [0.717, 1.165) is 0 Å². The number of amides is 1. The Labute approximate surface area is 123 Å². The molecule has 0 spiro atoms. The third-order valence-corrected chi connectivity index (χ3v) is 2.53. The molecule has 1 unspecified atom stereocenters. The molecule has 2 N–H and O–H groups in total. The van der Waals surface area contributed by atoms with Crippen LogP contribution in [0.1, 0.15) is 38.9 Å². The van der Waals surface area contributed by atoms with Crippen molar-refractivity contribution in [3.05, 3.63) is 28.8 Å². The van der Waals surface area contributed by atoms with Crippen molar-refractivity contribution in [1.29, 1.82) is 5.26 Å². The average Bonchev–Trinajstić information content (AvgIpc) is 2.26. The van der Waals surface area contributed by atoms with Gasteiger partial charge in [0, 0.05) is 10.6 Å². The van der Waals surface area contributed by atoms with Crippen LogP contribution in [0, 0.1) is 11.3 Å². The van der Waals surface area contributed by atoms with Gasteiger partial charge in [-0.1, -0.05) is 17.7 Å². The summed E-state index contributed by atoms with van der Waals surface area (Å²) in [5.74, 6) is 0. The number of ether oxygens (including phenoxy) is 1. The highest BCUT2D eigenvalue weighted by atomic mass is 35.5. The van der Waals surface area contributed by atoms with Crippen molar-refractivity contribution < 1.29 is 14.6 Å². The lowest BCUT2D eigenvalue weighted by Crippen LogP contribution is -2.27. The molecule has 5 nitrogen and oxygen atoms in total. The third-order valence-electron chi connectivity index (χ3n) is 2.29. The van der Waals surface area contributed by atoms with Gasteiger partial charge in [0.25, 0.3) is 0 Å². The van der Waals surface area contributed by atoms with Crippen LogP contribution in [0.3, 0.4) is 0 Å². The first-order valence-corrected chi connectivity index (χ1v) is 6.45. The molecule has 0 aliphatic carbocycles. The van der Waals surface area contributed by atoms with Gasteiger partial charge < -0.3 is 9.84 Å². The number of rotatable bonds is 3. The first kappa shape index (κ1) is 16.3. The van der Waals surface area contributed by atoms with Crippen molar-refractivity contribution in [3.8, 4) is 6.07 Å². The molecule has 20 heavy (non-hydrogen) atoms. The van der Waals surface area contributed by atoms with Crippen molar-refractivity contribution in [1.82, 2.24) is 0 Å². The summed E-state index contributed by atoms with van der Waals surface area (Å²) in [6.07, 6.45) is -1.72. The number of hydrogen-bond acceptors (Lipinski definition) is 4. The minimum Gasteiger partial charge on any atom is -0.444 e. The predicted molar refractivity (Wildman–Crippen MR) is 76.5 cm³/mol. The van der Waals surface area contributed by atoms with Gasteiger partial charge in [-0.25, -0.2) is 4.79 Å². The van der Waals surface area contributed by atoms with E-state index in [9.17, 15) is 9.90 Å². The number of hydrogen-bond donors (Lipinski definition) is 2. The van der Waals surface area contributed by atoms with Gasteiger partial charge in [0.2, 0.25) is 0 Å². The maximum Gasteiger partial charge on any atom is 0.412 e. The molecule has 1 aromatic rings. The third kappa shape index (κ3) is 5.08. The summed E-state index contributed by atoms with van der Waals surface area (Å²) >= 11 is 5.88. The molecule has 1 atom stereocenters. The molecule has 1 rings (SSSR count). The van der Waals surface area contributed by atoms with Gasteiger partial charge in [0.1, 0.15) is 5.60 Å². The number of halogens is 1. The lowest BCUT2D eigenvalue weighted by molar-refractivity contribution is 0.0635. The van der Waals surface area contributed by atoms with Gasteiger partial charge in [-0.05, 0) is 32.9 Å². The van der Waals surface area contributed by atoms with Crippen molar-refractivity contribution >= 4 is 23.4 Å². The number of anilines is 1. The largest absolute Gasteiger partial charge is 0.444 e. The Morgan fingerprint density at radius 3 is 2.75 bits per heavy atom. The Kier molecular flexibility index (Phi) is 5.37. The summed E-state index contributed by atoms with van der Waals surface area (Å²) in [5.41, 5.74) is 0.116. The number of aliphatic hydroxyl groups is 1. The Morgan fingerprint density at radius 1 is 1.55 bits per heavy atom. The molecule has 0 aliphatic heterocycles. The Bertz CT molecular complexity index is 532. The first-order chi connectivity index (χ1) is 9.23. The Morgan fingerprint density at radius 2 is 2.20 bits per heavy atom. The molecule has 0 radical (unpaired) electrons. The van der Waals surface area contributed by atoms with E-state index in [1.54, 1.807) is 32.9 Å². The van der Waals surface area contributed by atoms with Crippen LogP contribution in [-0.4, -0.2) is 16.8 Å². The van der Waals surface area contributed by atoms with Gasteiger partial charge in [0.15, 0.2) is 0 Å². The summed E-state index contributed by atoms with van der Waals surface area (Å²) in [6.45, 7) is 5.24. The second-order valence-electron chi connectivity index (χ2n) is 5.24. The summed E-state index contributed by atoms with van der Waals surface area (Å²) < 4.78 is 5.14. The van der Waals surface area contributed by atoms with Gasteiger partial charge in [-0.15, -0.1) is 0 Å². The predicted octanol–water partition coefficient (Wildman–Crippen LogP) is 3.63. The van der Waals surface area contributed by atoms with E-state index < -0.39 is 17.8 Å². The minimum absolute atomic E-state index is 0.0787. The van der Waals surface area contributed by atoms with E-state index in [1.807, 2.05) is 6.07 Å². The van der Waals surface area contributed by atoms with Gasteiger partial charge in [0.05, 0.1) is 24.3 Å². The van der Waals surface area contributed by atoms with Crippen molar-refractivity contribution in [2.45, 2.75) is 38.9 Å². The molecule has 0 fully saturated rings. The molecule has 0 heterocycles. The van der Waals surface area contributed by atoms with E-state index in [1.165, 1.54) is 6.07 Å². The van der Waals surface area contributed by atoms with Crippen LogP contribution < -0.4 is 5.32 Å². The average molecular weight is 297 g/mol. The summed E-state index contributed by atoms with van der Waals surface area (Å²) in [5, 5.41) is 21.4. The summed E-state index contributed by atoms with van der Waals surface area (Å²) in [6, 6.07) is 6.52. The van der Waals surface area contributed by atoms with Crippen LogP contribution in [0.25, 0.3) is 0 Å². The van der Waals surface area contributed by atoms with Crippen LogP contribution in [0.4, 0.5) is 10.5 Å². The fourth-order valence-corrected chi connectivity index (χ4v) is 1.71.